The summed E-state index contributed by atoms with van der Waals surface area (Å²) < 4.78 is 5.37. The third-order valence-corrected chi connectivity index (χ3v) is 4.85. The number of hydrogen-bond acceptors (Lipinski definition) is 3. The highest BCUT2D eigenvalue weighted by molar-refractivity contribution is 5.89. The quantitative estimate of drug-likeness (QED) is 0.260. The molecule has 0 saturated carbocycles. The van der Waals surface area contributed by atoms with Crippen LogP contribution in [0.4, 0.5) is 5.69 Å². The zero-order valence-electron chi connectivity index (χ0n) is 17.3. The number of benzene rings is 1. The number of carbonyl (C=O) groups excluding carboxylic acids is 1. The molecule has 0 aliphatic heterocycles. The van der Waals surface area contributed by atoms with Crippen molar-refractivity contribution in [3.63, 3.8) is 0 Å². The van der Waals surface area contributed by atoms with Crippen molar-refractivity contribution in [2.45, 2.75) is 84.0 Å². The van der Waals surface area contributed by atoms with Crippen LogP contribution in [0.5, 0.6) is 0 Å². The Morgan fingerprint density at radius 3 is 1.69 bits per heavy atom. The molecule has 0 aromatic heterocycles. The molecule has 0 spiro atoms. The van der Waals surface area contributed by atoms with Crippen LogP contribution >= 0.6 is 0 Å². The smallest absolute Gasteiger partial charge is 0.338 e. The summed E-state index contributed by atoms with van der Waals surface area (Å²) in [6.45, 7) is 2.80. The first-order chi connectivity index (χ1) is 12.6. The van der Waals surface area contributed by atoms with E-state index in [0.717, 1.165) is 18.5 Å². The predicted molar refractivity (Wildman–Crippen MR) is 112 cm³/mol. The predicted octanol–water partition coefficient (Wildman–Crippen LogP) is 6.61. The molecule has 0 bridgehead atoms. The Bertz CT molecular complexity index is 468. The first-order valence-electron chi connectivity index (χ1n) is 10.6. The van der Waals surface area contributed by atoms with E-state index in [0.29, 0.717) is 12.2 Å². The Labute approximate surface area is 161 Å². The number of carbonyl (C=O) groups is 1. The number of hydrogen-bond donors (Lipinski definition) is 0. The fourth-order valence-electron chi connectivity index (χ4n) is 3.09. The summed E-state index contributed by atoms with van der Waals surface area (Å²) in [5, 5.41) is 0. The first kappa shape index (κ1) is 22.5. The van der Waals surface area contributed by atoms with Gasteiger partial charge in [0.1, 0.15) is 0 Å². The van der Waals surface area contributed by atoms with E-state index in [1.165, 1.54) is 64.2 Å². The number of ether oxygens (including phenoxy) is 1. The van der Waals surface area contributed by atoms with Crippen molar-refractivity contribution in [2.75, 3.05) is 25.6 Å². The SMILES string of the molecule is CCCCCCCCCCCCCCOC(=O)c1ccc(N(C)C)cc1. The van der Waals surface area contributed by atoms with Crippen molar-refractivity contribution in [3.05, 3.63) is 29.8 Å². The molecule has 148 valence electrons. The van der Waals surface area contributed by atoms with E-state index in [-0.39, 0.29) is 5.97 Å². The molecule has 0 N–H and O–H groups in total. The Balaban J connectivity index is 1.94. The molecule has 0 unspecified atom stereocenters. The summed E-state index contributed by atoms with van der Waals surface area (Å²) in [6.07, 6.45) is 15.8. The van der Waals surface area contributed by atoms with E-state index in [1.54, 1.807) is 0 Å². The minimum absolute atomic E-state index is 0.210. The Morgan fingerprint density at radius 2 is 1.23 bits per heavy atom. The minimum atomic E-state index is -0.210. The van der Waals surface area contributed by atoms with Crippen LogP contribution in [-0.4, -0.2) is 26.7 Å². The highest BCUT2D eigenvalue weighted by atomic mass is 16.5. The third-order valence-electron chi connectivity index (χ3n) is 4.85. The van der Waals surface area contributed by atoms with Crippen molar-refractivity contribution in [1.82, 2.24) is 0 Å². The van der Waals surface area contributed by atoms with Crippen molar-refractivity contribution >= 4 is 11.7 Å². The van der Waals surface area contributed by atoms with E-state index in [4.69, 9.17) is 4.74 Å². The van der Waals surface area contributed by atoms with Crippen molar-refractivity contribution in [2.24, 2.45) is 0 Å². The fourth-order valence-corrected chi connectivity index (χ4v) is 3.09. The van der Waals surface area contributed by atoms with Crippen LogP contribution in [0.15, 0.2) is 24.3 Å². The molecule has 0 aliphatic carbocycles. The van der Waals surface area contributed by atoms with Crippen molar-refractivity contribution < 1.29 is 9.53 Å². The lowest BCUT2D eigenvalue weighted by molar-refractivity contribution is 0.0497. The number of anilines is 1. The molecule has 0 atom stereocenters. The van der Waals surface area contributed by atoms with E-state index in [1.807, 2.05) is 43.3 Å². The summed E-state index contributed by atoms with van der Waals surface area (Å²) in [6, 6.07) is 7.56. The van der Waals surface area contributed by atoms with Crippen LogP contribution in [0, 0.1) is 0 Å². The average Bonchev–Trinajstić information content (AvgIpc) is 2.65. The van der Waals surface area contributed by atoms with Crippen LogP contribution in [-0.2, 0) is 4.74 Å². The molecule has 0 saturated heterocycles. The third kappa shape index (κ3) is 10.5. The first-order valence-corrected chi connectivity index (χ1v) is 10.6. The molecular formula is C23H39NO2. The largest absolute Gasteiger partial charge is 0.462 e. The highest BCUT2D eigenvalue weighted by Crippen LogP contribution is 2.14. The second-order valence-electron chi connectivity index (χ2n) is 7.47. The van der Waals surface area contributed by atoms with E-state index in [9.17, 15) is 4.79 Å². The zero-order valence-corrected chi connectivity index (χ0v) is 17.3. The maximum atomic E-state index is 12.0. The molecule has 0 aliphatic rings. The number of rotatable bonds is 15. The van der Waals surface area contributed by atoms with Crippen molar-refractivity contribution in [1.29, 1.82) is 0 Å². The van der Waals surface area contributed by atoms with Crippen LogP contribution in [0.1, 0.15) is 94.3 Å². The topological polar surface area (TPSA) is 29.5 Å². The molecule has 0 heterocycles. The molecule has 1 aromatic rings. The molecule has 1 rings (SSSR count). The van der Waals surface area contributed by atoms with Crippen LogP contribution in [0.25, 0.3) is 0 Å². The number of esters is 1. The maximum absolute atomic E-state index is 12.0. The molecule has 0 amide bonds. The van der Waals surface area contributed by atoms with Gasteiger partial charge in [0.05, 0.1) is 12.2 Å². The normalized spacial score (nSPS) is 10.7. The standard InChI is InChI=1S/C23H39NO2/c1-4-5-6-7-8-9-10-11-12-13-14-15-20-26-23(25)21-16-18-22(19-17-21)24(2)3/h16-19H,4-15,20H2,1-3H3. The summed E-state index contributed by atoms with van der Waals surface area (Å²) >= 11 is 0. The summed E-state index contributed by atoms with van der Waals surface area (Å²) in [7, 11) is 3.97. The van der Waals surface area contributed by atoms with E-state index >= 15 is 0 Å². The molecule has 0 radical (unpaired) electrons. The number of nitrogens with zero attached hydrogens (tertiary/aromatic N) is 1. The van der Waals surface area contributed by atoms with Gasteiger partial charge in [0.25, 0.3) is 0 Å². The lowest BCUT2D eigenvalue weighted by Gasteiger charge is -2.12. The van der Waals surface area contributed by atoms with Gasteiger partial charge in [-0.25, -0.2) is 4.79 Å². The van der Waals surface area contributed by atoms with Gasteiger partial charge in [0.15, 0.2) is 0 Å². The van der Waals surface area contributed by atoms with Gasteiger partial charge in [-0.05, 0) is 30.7 Å². The fraction of sp³-hybridized carbons (Fsp3) is 0.696. The van der Waals surface area contributed by atoms with Gasteiger partial charge in [-0.15, -0.1) is 0 Å². The Hall–Kier alpha value is -1.51. The van der Waals surface area contributed by atoms with Crippen LogP contribution in [0.2, 0.25) is 0 Å². The van der Waals surface area contributed by atoms with E-state index in [2.05, 4.69) is 6.92 Å². The van der Waals surface area contributed by atoms with Gasteiger partial charge in [-0.1, -0.05) is 77.6 Å². The Kier molecular flexibility index (Phi) is 12.7. The maximum Gasteiger partial charge on any atom is 0.338 e. The average molecular weight is 362 g/mol. The van der Waals surface area contributed by atoms with Gasteiger partial charge in [0.2, 0.25) is 0 Å². The summed E-state index contributed by atoms with van der Waals surface area (Å²) in [5.41, 5.74) is 1.72. The monoisotopic (exact) mass is 361 g/mol. The van der Waals surface area contributed by atoms with Gasteiger partial charge < -0.3 is 9.64 Å². The Morgan fingerprint density at radius 1 is 0.769 bits per heavy atom. The second kappa shape index (κ2) is 14.6. The molecule has 0 fully saturated rings. The zero-order chi connectivity index (χ0) is 19.0. The second-order valence-corrected chi connectivity index (χ2v) is 7.47. The minimum Gasteiger partial charge on any atom is -0.462 e. The molecule has 3 heteroatoms. The van der Waals surface area contributed by atoms with Crippen molar-refractivity contribution in [3.8, 4) is 0 Å². The van der Waals surface area contributed by atoms with Gasteiger partial charge in [-0.2, -0.15) is 0 Å². The van der Waals surface area contributed by atoms with Crippen LogP contribution in [0.3, 0.4) is 0 Å². The van der Waals surface area contributed by atoms with Crippen LogP contribution < -0.4 is 4.90 Å². The molecule has 1 aromatic carbocycles. The van der Waals surface area contributed by atoms with Gasteiger partial charge >= 0.3 is 5.97 Å². The molecular weight excluding hydrogens is 322 g/mol. The lowest BCUT2D eigenvalue weighted by Crippen LogP contribution is -2.10. The summed E-state index contributed by atoms with van der Waals surface area (Å²) in [5.74, 6) is -0.210. The molecule has 3 nitrogen and oxygen atoms in total. The summed E-state index contributed by atoms with van der Waals surface area (Å²) in [4.78, 5) is 14.0. The number of unbranched alkanes of at least 4 members (excludes halogenated alkanes) is 11. The van der Waals surface area contributed by atoms with Gasteiger partial charge in [0, 0.05) is 19.8 Å². The molecule has 26 heavy (non-hydrogen) atoms. The lowest BCUT2D eigenvalue weighted by atomic mass is 10.1. The van der Waals surface area contributed by atoms with Gasteiger partial charge in [-0.3, -0.25) is 0 Å². The highest BCUT2D eigenvalue weighted by Gasteiger charge is 2.07. The van der Waals surface area contributed by atoms with E-state index < -0.39 is 0 Å².